The molecule has 1 aliphatic rings. The lowest BCUT2D eigenvalue weighted by Crippen LogP contribution is -2.44. The lowest BCUT2D eigenvalue weighted by atomic mass is 9.98. The molecule has 15 heavy (non-hydrogen) atoms. The summed E-state index contributed by atoms with van der Waals surface area (Å²) >= 11 is 0. The molecule has 1 aromatic heterocycles. The van der Waals surface area contributed by atoms with E-state index < -0.39 is 0 Å². The molecule has 0 aromatic carbocycles. The predicted molar refractivity (Wildman–Crippen MR) is 61.8 cm³/mol. The molecule has 0 fully saturated rings. The van der Waals surface area contributed by atoms with E-state index in [0.29, 0.717) is 0 Å². The molecule has 2 heterocycles. The smallest absolute Gasteiger partial charge is 0.0641 e. The van der Waals surface area contributed by atoms with Gasteiger partial charge < -0.3 is 0 Å². The van der Waals surface area contributed by atoms with Crippen molar-refractivity contribution in [2.75, 3.05) is 6.54 Å². The molecule has 0 bridgehead atoms. The van der Waals surface area contributed by atoms with Gasteiger partial charge in [-0.2, -0.15) is 5.10 Å². The summed E-state index contributed by atoms with van der Waals surface area (Å²) in [7, 11) is 2.05. The van der Waals surface area contributed by atoms with Gasteiger partial charge >= 0.3 is 0 Å². The Hall–Kier alpha value is -0.830. The van der Waals surface area contributed by atoms with Gasteiger partial charge in [0.05, 0.1) is 5.69 Å². The van der Waals surface area contributed by atoms with Crippen LogP contribution < -0.4 is 0 Å². The molecule has 0 amide bonds. The highest BCUT2D eigenvalue weighted by Gasteiger charge is 2.28. The largest absolute Gasteiger partial charge is 0.294 e. The average molecular weight is 207 g/mol. The zero-order valence-corrected chi connectivity index (χ0v) is 10.5. The molecule has 0 N–H and O–H groups in total. The highest BCUT2D eigenvalue weighted by molar-refractivity contribution is 5.28. The van der Waals surface area contributed by atoms with Gasteiger partial charge in [0.15, 0.2) is 0 Å². The standard InChI is InChI=1S/C12H21N3/c1-9-10-8-15(12(2,3)4)7-6-11(10)14(5)13-9/h6-8H2,1-5H3. The van der Waals surface area contributed by atoms with E-state index in [1.807, 2.05) is 4.68 Å². The van der Waals surface area contributed by atoms with Gasteiger partial charge in [-0.1, -0.05) is 0 Å². The fourth-order valence-electron chi connectivity index (χ4n) is 2.35. The van der Waals surface area contributed by atoms with Crippen molar-refractivity contribution in [3.8, 4) is 0 Å². The van der Waals surface area contributed by atoms with Crippen LogP contribution in [0.15, 0.2) is 0 Å². The van der Waals surface area contributed by atoms with Crippen LogP contribution in [-0.4, -0.2) is 26.8 Å². The monoisotopic (exact) mass is 207 g/mol. The van der Waals surface area contributed by atoms with Crippen molar-refractivity contribution in [1.82, 2.24) is 14.7 Å². The summed E-state index contributed by atoms with van der Waals surface area (Å²) in [5.41, 5.74) is 4.33. The Morgan fingerprint density at radius 3 is 2.53 bits per heavy atom. The van der Waals surface area contributed by atoms with Crippen molar-refractivity contribution in [3.05, 3.63) is 17.0 Å². The lowest BCUT2D eigenvalue weighted by molar-refractivity contribution is 0.119. The Bertz CT molecular complexity index is 371. The van der Waals surface area contributed by atoms with Crippen molar-refractivity contribution >= 4 is 0 Å². The minimum absolute atomic E-state index is 0.264. The number of rotatable bonds is 0. The third-order valence-electron chi connectivity index (χ3n) is 3.39. The summed E-state index contributed by atoms with van der Waals surface area (Å²) in [5.74, 6) is 0. The highest BCUT2D eigenvalue weighted by atomic mass is 15.3. The maximum absolute atomic E-state index is 4.50. The van der Waals surface area contributed by atoms with Crippen molar-refractivity contribution in [2.45, 2.75) is 46.2 Å². The third-order valence-corrected chi connectivity index (χ3v) is 3.39. The van der Waals surface area contributed by atoms with Crippen LogP contribution in [0, 0.1) is 6.92 Å². The minimum Gasteiger partial charge on any atom is -0.294 e. The molecular formula is C12H21N3. The normalized spacial score (nSPS) is 17.9. The van der Waals surface area contributed by atoms with Gasteiger partial charge in [-0.25, -0.2) is 0 Å². The van der Waals surface area contributed by atoms with E-state index in [0.717, 1.165) is 19.5 Å². The van der Waals surface area contributed by atoms with E-state index in [1.54, 1.807) is 0 Å². The van der Waals surface area contributed by atoms with Crippen molar-refractivity contribution in [2.24, 2.45) is 7.05 Å². The van der Waals surface area contributed by atoms with Crippen LogP contribution in [0.4, 0.5) is 0 Å². The highest BCUT2D eigenvalue weighted by Crippen LogP contribution is 2.26. The van der Waals surface area contributed by atoms with Crippen LogP contribution >= 0.6 is 0 Å². The second-order valence-electron chi connectivity index (χ2n) is 5.48. The van der Waals surface area contributed by atoms with Crippen LogP contribution in [0.3, 0.4) is 0 Å². The molecule has 1 aromatic rings. The minimum atomic E-state index is 0.264. The molecule has 0 saturated carbocycles. The van der Waals surface area contributed by atoms with Gasteiger partial charge in [0.25, 0.3) is 0 Å². The Morgan fingerprint density at radius 1 is 1.27 bits per heavy atom. The van der Waals surface area contributed by atoms with Crippen LogP contribution in [0.25, 0.3) is 0 Å². The fraction of sp³-hybridized carbons (Fsp3) is 0.750. The second-order valence-corrected chi connectivity index (χ2v) is 5.48. The first-order valence-electron chi connectivity index (χ1n) is 5.66. The molecule has 0 atom stereocenters. The summed E-state index contributed by atoms with van der Waals surface area (Å²) in [6.07, 6.45) is 1.13. The summed E-state index contributed by atoms with van der Waals surface area (Å²) in [5, 5.41) is 4.50. The van der Waals surface area contributed by atoms with Crippen LogP contribution in [-0.2, 0) is 20.0 Å². The number of aryl methyl sites for hydroxylation is 2. The van der Waals surface area contributed by atoms with Gasteiger partial charge in [0, 0.05) is 43.4 Å². The van der Waals surface area contributed by atoms with Crippen LogP contribution in [0.1, 0.15) is 37.7 Å². The van der Waals surface area contributed by atoms with E-state index in [1.165, 1.54) is 17.0 Å². The zero-order valence-electron chi connectivity index (χ0n) is 10.5. The van der Waals surface area contributed by atoms with Gasteiger partial charge in [-0.15, -0.1) is 0 Å². The van der Waals surface area contributed by atoms with Crippen LogP contribution in [0.2, 0.25) is 0 Å². The summed E-state index contributed by atoms with van der Waals surface area (Å²) in [4.78, 5) is 2.53. The van der Waals surface area contributed by atoms with Crippen molar-refractivity contribution in [3.63, 3.8) is 0 Å². The Balaban J connectivity index is 2.31. The quantitative estimate of drug-likeness (QED) is 0.647. The summed E-state index contributed by atoms with van der Waals surface area (Å²) < 4.78 is 2.05. The molecule has 0 unspecified atom stereocenters. The maximum Gasteiger partial charge on any atom is 0.0641 e. The second kappa shape index (κ2) is 3.34. The van der Waals surface area contributed by atoms with E-state index in [9.17, 15) is 0 Å². The molecule has 3 heteroatoms. The SMILES string of the molecule is Cc1nn(C)c2c1CN(C(C)(C)C)CC2. The molecule has 0 spiro atoms. The van der Waals surface area contributed by atoms with E-state index in [-0.39, 0.29) is 5.54 Å². The van der Waals surface area contributed by atoms with Gasteiger partial charge in [0.2, 0.25) is 0 Å². The molecule has 2 rings (SSSR count). The molecule has 0 saturated heterocycles. The number of fused-ring (bicyclic) bond motifs is 1. The van der Waals surface area contributed by atoms with Gasteiger partial charge in [0.1, 0.15) is 0 Å². The predicted octanol–water partition coefficient (Wildman–Crippen LogP) is 1.89. The first-order chi connectivity index (χ1) is 6.89. The Kier molecular flexibility index (Phi) is 2.38. The molecule has 84 valence electrons. The van der Waals surface area contributed by atoms with E-state index >= 15 is 0 Å². The fourth-order valence-corrected chi connectivity index (χ4v) is 2.35. The number of aromatic nitrogens is 2. The molecule has 1 aliphatic heterocycles. The Morgan fingerprint density at radius 2 is 1.93 bits per heavy atom. The lowest BCUT2D eigenvalue weighted by Gasteiger charge is -2.38. The van der Waals surface area contributed by atoms with E-state index in [2.05, 4.69) is 44.7 Å². The molecule has 0 aliphatic carbocycles. The first kappa shape index (κ1) is 10.7. The molecule has 3 nitrogen and oxygen atoms in total. The number of hydrogen-bond donors (Lipinski definition) is 0. The maximum atomic E-state index is 4.50. The van der Waals surface area contributed by atoms with E-state index in [4.69, 9.17) is 0 Å². The summed E-state index contributed by atoms with van der Waals surface area (Å²) in [6.45, 7) is 11.2. The average Bonchev–Trinajstić information content (AvgIpc) is 2.41. The third kappa shape index (κ3) is 1.81. The van der Waals surface area contributed by atoms with Crippen LogP contribution in [0.5, 0.6) is 0 Å². The number of hydrogen-bond acceptors (Lipinski definition) is 2. The van der Waals surface area contributed by atoms with Crippen molar-refractivity contribution in [1.29, 1.82) is 0 Å². The summed E-state index contributed by atoms with van der Waals surface area (Å²) in [6, 6.07) is 0. The van der Waals surface area contributed by atoms with Crippen molar-refractivity contribution < 1.29 is 0 Å². The van der Waals surface area contributed by atoms with Gasteiger partial charge in [-0.3, -0.25) is 9.58 Å². The first-order valence-corrected chi connectivity index (χ1v) is 5.66. The molecular weight excluding hydrogens is 186 g/mol. The topological polar surface area (TPSA) is 21.1 Å². The van der Waals surface area contributed by atoms with Gasteiger partial charge in [-0.05, 0) is 27.7 Å². The number of nitrogens with zero attached hydrogens (tertiary/aromatic N) is 3. The molecule has 0 radical (unpaired) electrons. The zero-order chi connectivity index (χ0) is 11.2. The Labute approximate surface area is 92.1 Å².